The normalized spacial score (nSPS) is 13.5. The number of aliphatic imine (C=N–C) groups is 1. The Morgan fingerprint density at radius 3 is 2.47 bits per heavy atom. The molecule has 0 saturated heterocycles. The second-order valence-electron chi connectivity index (χ2n) is 10.1. The van der Waals surface area contributed by atoms with Crippen molar-refractivity contribution < 1.29 is 29.1 Å². The fourth-order valence-corrected chi connectivity index (χ4v) is 5.02. The summed E-state index contributed by atoms with van der Waals surface area (Å²) in [5.41, 5.74) is 5.65. The van der Waals surface area contributed by atoms with Crippen LogP contribution >= 0.6 is 11.6 Å². The minimum absolute atomic E-state index is 0.0211. The molecule has 1 aliphatic rings. The van der Waals surface area contributed by atoms with E-state index in [9.17, 15) is 19.5 Å². The average Bonchev–Trinajstić information content (AvgIpc) is 3.35. The Morgan fingerprint density at radius 1 is 0.978 bits per heavy atom. The molecule has 4 aromatic rings. The molecule has 1 aromatic heterocycles. The first kappa shape index (κ1) is 31.2. The molecule has 0 bridgehead atoms. The summed E-state index contributed by atoms with van der Waals surface area (Å²) in [6.45, 7) is 1.60. The predicted octanol–water partition coefficient (Wildman–Crippen LogP) is 2.95. The molecular formula is C31H30ClN7O6. The van der Waals surface area contributed by atoms with Crippen molar-refractivity contribution in [1.29, 1.82) is 0 Å². The van der Waals surface area contributed by atoms with Crippen molar-refractivity contribution >= 4 is 35.0 Å². The standard InChI is InChI=1S/C31H30ClN7O6/c1-17-36-37-30-24(14-27(41)34-16-28(42)33-15-18-4-10-22(26(40)12-18)31(43)38-45-3)35-29(19-5-7-20(32)8-6-19)23-13-21(44-2)9-11-25(23)39(17)30/h4-13,24,40H,14-16H2,1-3H3,(H,33,42)(H,34,41)(H,38,43). The zero-order valence-electron chi connectivity index (χ0n) is 24.6. The third-order valence-corrected chi connectivity index (χ3v) is 7.32. The van der Waals surface area contributed by atoms with Gasteiger partial charge < -0.3 is 20.5 Å². The molecular weight excluding hydrogens is 602 g/mol. The quantitative estimate of drug-likeness (QED) is 0.194. The second-order valence-corrected chi connectivity index (χ2v) is 10.5. The van der Waals surface area contributed by atoms with Gasteiger partial charge in [0.05, 0.1) is 44.1 Å². The van der Waals surface area contributed by atoms with Crippen molar-refractivity contribution in [2.45, 2.75) is 25.9 Å². The van der Waals surface area contributed by atoms with Crippen LogP contribution in [-0.2, 0) is 21.0 Å². The highest BCUT2D eigenvalue weighted by atomic mass is 35.5. The number of fused-ring (bicyclic) bond motifs is 3. The van der Waals surface area contributed by atoms with E-state index < -0.39 is 23.8 Å². The maximum Gasteiger partial charge on any atom is 0.278 e. The number of aromatic hydroxyl groups is 1. The Hall–Kier alpha value is -5.27. The van der Waals surface area contributed by atoms with Crippen LogP contribution in [0.5, 0.6) is 11.5 Å². The summed E-state index contributed by atoms with van der Waals surface area (Å²) < 4.78 is 7.36. The van der Waals surface area contributed by atoms with Crippen LogP contribution in [0.1, 0.15) is 51.2 Å². The number of carbonyl (C=O) groups excluding carboxylic acids is 3. The van der Waals surface area contributed by atoms with Gasteiger partial charge in [-0.3, -0.25) is 28.8 Å². The van der Waals surface area contributed by atoms with E-state index in [1.54, 1.807) is 25.3 Å². The average molecular weight is 632 g/mol. The molecule has 0 aliphatic carbocycles. The second kappa shape index (κ2) is 13.6. The first-order chi connectivity index (χ1) is 21.7. The van der Waals surface area contributed by atoms with Gasteiger partial charge in [0.25, 0.3) is 5.91 Å². The number of nitrogens with zero attached hydrogens (tertiary/aromatic N) is 4. The van der Waals surface area contributed by atoms with Crippen LogP contribution in [0.4, 0.5) is 0 Å². The van der Waals surface area contributed by atoms with Gasteiger partial charge in [-0.2, -0.15) is 0 Å². The molecule has 4 N–H and O–H groups in total. The van der Waals surface area contributed by atoms with Crippen molar-refractivity contribution in [3.8, 4) is 17.2 Å². The zero-order valence-corrected chi connectivity index (χ0v) is 25.4. The number of hydroxylamine groups is 1. The lowest BCUT2D eigenvalue weighted by molar-refractivity contribution is -0.126. The van der Waals surface area contributed by atoms with Crippen LogP contribution in [-0.4, -0.2) is 64.1 Å². The molecule has 1 aliphatic heterocycles. The monoisotopic (exact) mass is 631 g/mol. The number of rotatable bonds is 10. The van der Waals surface area contributed by atoms with E-state index in [1.807, 2.05) is 41.8 Å². The minimum atomic E-state index is -0.727. The maximum absolute atomic E-state index is 13.1. The van der Waals surface area contributed by atoms with Crippen LogP contribution in [0.2, 0.25) is 5.02 Å². The van der Waals surface area contributed by atoms with E-state index in [4.69, 9.17) is 21.3 Å². The molecule has 0 saturated carbocycles. The number of methoxy groups -OCH3 is 1. The third-order valence-electron chi connectivity index (χ3n) is 7.07. The fourth-order valence-electron chi connectivity index (χ4n) is 4.89. The zero-order chi connectivity index (χ0) is 32.1. The molecule has 0 fully saturated rings. The van der Waals surface area contributed by atoms with E-state index in [2.05, 4.69) is 31.1 Å². The number of hydrogen-bond donors (Lipinski definition) is 4. The van der Waals surface area contributed by atoms with Gasteiger partial charge in [-0.25, -0.2) is 5.48 Å². The topological polar surface area (TPSA) is 169 Å². The van der Waals surface area contributed by atoms with Crippen molar-refractivity contribution in [1.82, 2.24) is 30.9 Å². The molecule has 1 unspecified atom stereocenters. The van der Waals surface area contributed by atoms with Gasteiger partial charge in [0.1, 0.15) is 23.4 Å². The number of phenolic OH excluding ortho intramolecular Hbond substituents is 1. The Bertz CT molecular complexity index is 1790. The minimum Gasteiger partial charge on any atom is -0.507 e. The summed E-state index contributed by atoms with van der Waals surface area (Å²) in [6.07, 6.45) is -0.105. The van der Waals surface area contributed by atoms with Gasteiger partial charge in [-0.05, 0) is 55.0 Å². The number of carbonyl (C=O) groups is 3. The first-order valence-corrected chi connectivity index (χ1v) is 14.2. The molecule has 45 heavy (non-hydrogen) atoms. The number of hydrogen-bond acceptors (Lipinski definition) is 9. The predicted molar refractivity (Wildman–Crippen MR) is 165 cm³/mol. The lowest BCUT2D eigenvalue weighted by Crippen LogP contribution is -2.37. The van der Waals surface area contributed by atoms with E-state index >= 15 is 0 Å². The Kier molecular flexibility index (Phi) is 9.40. The summed E-state index contributed by atoms with van der Waals surface area (Å²) in [6, 6.07) is 16.5. The Balaban J connectivity index is 1.31. The summed E-state index contributed by atoms with van der Waals surface area (Å²) in [5, 5.41) is 24.7. The van der Waals surface area contributed by atoms with Crippen molar-refractivity contribution in [2.75, 3.05) is 20.8 Å². The summed E-state index contributed by atoms with van der Waals surface area (Å²) >= 11 is 6.16. The molecule has 232 valence electrons. The molecule has 3 amide bonds. The molecule has 0 radical (unpaired) electrons. The molecule has 1 atom stereocenters. The number of halogens is 1. The van der Waals surface area contributed by atoms with Crippen LogP contribution in [0.25, 0.3) is 5.69 Å². The van der Waals surface area contributed by atoms with E-state index in [1.165, 1.54) is 19.2 Å². The number of aromatic nitrogens is 3. The number of nitrogens with one attached hydrogen (secondary N) is 3. The van der Waals surface area contributed by atoms with Gasteiger partial charge in [0.15, 0.2) is 5.82 Å². The van der Waals surface area contributed by atoms with Gasteiger partial charge in [0.2, 0.25) is 11.8 Å². The van der Waals surface area contributed by atoms with E-state index in [0.717, 1.165) is 16.8 Å². The Labute approximate surface area is 263 Å². The van der Waals surface area contributed by atoms with E-state index in [0.29, 0.717) is 33.7 Å². The van der Waals surface area contributed by atoms with Gasteiger partial charge >= 0.3 is 0 Å². The van der Waals surface area contributed by atoms with E-state index in [-0.39, 0.29) is 30.8 Å². The van der Waals surface area contributed by atoms with Crippen LogP contribution in [0.15, 0.2) is 65.7 Å². The summed E-state index contributed by atoms with van der Waals surface area (Å²) in [7, 11) is 2.86. The highest BCUT2D eigenvalue weighted by molar-refractivity contribution is 6.30. The number of benzene rings is 3. The van der Waals surface area contributed by atoms with Crippen LogP contribution in [0.3, 0.4) is 0 Å². The summed E-state index contributed by atoms with van der Waals surface area (Å²) in [4.78, 5) is 47.1. The molecule has 2 heterocycles. The van der Waals surface area contributed by atoms with Gasteiger partial charge in [-0.15, -0.1) is 10.2 Å². The number of ether oxygens (including phenoxy) is 1. The molecule has 3 aromatic carbocycles. The molecule has 0 spiro atoms. The highest BCUT2D eigenvalue weighted by Crippen LogP contribution is 2.34. The Morgan fingerprint density at radius 2 is 1.76 bits per heavy atom. The number of aryl methyl sites for hydroxylation is 1. The fraction of sp³-hybridized carbons (Fsp3) is 0.226. The summed E-state index contributed by atoms with van der Waals surface area (Å²) in [5.74, 6) is -0.0199. The smallest absolute Gasteiger partial charge is 0.278 e. The number of phenols is 1. The van der Waals surface area contributed by atoms with Crippen LogP contribution < -0.4 is 20.9 Å². The molecule has 5 rings (SSSR count). The van der Waals surface area contributed by atoms with Gasteiger partial charge in [-0.1, -0.05) is 29.8 Å². The highest BCUT2D eigenvalue weighted by Gasteiger charge is 2.30. The largest absolute Gasteiger partial charge is 0.507 e. The van der Waals surface area contributed by atoms with Crippen LogP contribution in [0, 0.1) is 6.92 Å². The maximum atomic E-state index is 13.1. The molecule has 14 heteroatoms. The SMILES string of the molecule is CONC(=O)c1ccc(CNC(=O)CNC(=O)CC2N=C(c3ccc(Cl)cc3)c3cc(OC)ccc3-n3c(C)nnc32)cc1O. The lowest BCUT2D eigenvalue weighted by Gasteiger charge is -2.14. The van der Waals surface area contributed by atoms with Crippen molar-refractivity contribution in [3.05, 3.63) is 99.6 Å². The van der Waals surface area contributed by atoms with Gasteiger partial charge in [0, 0.05) is 22.7 Å². The lowest BCUT2D eigenvalue weighted by atomic mass is 10.00. The number of amides is 3. The van der Waals surface area contributed by atoms with Crippen molar-refractivity contribution in [2.24, 2.45) is 4.99 Å². The molecule has 13 nitrogen and oxygen atoms in total. The van der Waals surface area contributed by atoms with Crippen molar-refractivity contribution in [3.63, 3.8) is 0 Å². The first-order valence-electron chi connectivity index (χ1n) is 13.8. The third kappa shape index (κ3) is 6.95.